The lowest BCUT2D eigenvalue weighted by Gasteiger charge is -2.19. The zero-order valence-corrected chi connectivity index (χ0v) is 11.1. The number of hydrogen-bond acceptors (Lipinski definition) is 3. The molecule has 1 aromatic carbocycles. The normalized spacial score (nSPS) is 12.4. The van der Waals surface area contributed by atoms with Crippen LogP contribution in [0.2, 0.25) is 0 Å². The van der Waals surface area contributed by atoms with Crippen LogP contribution in [0.3, 0.4) is 0 Å². The van der Waals surface area contributed by atoms with Crippen LogP contribution in [0.5, 0.6) is 5.75 Å². The first-order valence-electron chi connectivity index (χ1n) is 6.04. The van der Waals surface area contributed by atoms with Gasteiger partial charge in [0.15, 0.2) is 0 Å². The molecule has 0 aliphatic carbocycles. The molecular weight excluding hydrogens is 226 g/mol. The number of rotatable bonds is 5. The largest absolute Gasteiger partial charge is 0.496 e. The molecule has 1 atom stereocenters. The van der Waals surface area contributed by atoms with E-state index in [4.69, 9.17) is 4.74 Å². The van der Waals surface area contributed by atoms with Crippen LogP contribution in [-0.2, 0) is 6.54 Å². The van der Waals surface area contributed by atoms with Gasteiger partial charge in [0.05, 0.1) is 25.9 Å². The minimum atomic E-state index is 0.181. The summed E-state index contributed by atoms with van der Waals surface area (Å²) < 4.78 is 7.35. The number of hydrogen-bond donors (Lipinski definition) is 1. The lowest BCUT2D eigenvalue weighted by molar-refractivity contribution is 0.390. The van der Waals surface area contributed by atoms with E-state index >= 15 is 0 Å². The summed E-state index contributed by atoms with van der Waals surface area (Å²) in [6, 6.07) is 8.24. The van der Waals surface area contributed by atoms with Crippen LogP contribution in [0.1, 0.15) is 17.2 Å². The molecule has 1 N–H and O–H groups in total. The van der Waals surface area contributed by atoms with E-state index in [0.717, 1.165) is 17.9 Å². The van der Waals surface area contributed by atoms with Crippen LogP contribution in [0.25, 0.3) is 0 Å². The summed E-state index contributed by atoms with van der Waals surface area (Å²) in [6.45, 7) is 2.83. The van der Waals surface area contributed by atoms with Crippen molar-refractivity contribution in [2.75, 3.05) is 14.2 Å². The van der Waals surface area contributed by atoms with Crippen LogP contribution < -0.4 is 10.1 Å². The molecule has 0 amide bonds. The summed E-state index contributed by atoms with van der Waals surface area (Å²) in [6.07, 6.45) is 3.91. The number of ether oxygens (including phenoxy) is 1. The fraction of sp³-hybridized carbons (Fsp3) is 0.357. The van der Waals surface area contributed by atoms with E-state index in [9.17, 15) is 0 Å². The second kappa shape index (κ2) is 5.69. The van der Waals surface area contributed by atoms with Crippen LogP contribution in [0.4, 0.5) is 0 Å². The number of benzene rings is 1. The van der Waals surface area contributed by atoms with E-state index in [1.54, 1.807) is 7.11 Å². The van der Waals surface area contributed by atoms with Gasteiger partial charge in [0, 0.05) is 11.8 Å². The molecule has 2 rings (SSSR count). The first-order valence-corrected chi connectivity index (χ1v) is 6.04. The third-order valence-electron chi connectivity index (χ3n) is 2.99. The molecule has 0 aliphatic rings. The highest BCUT2D eigenvalue weighted by Gasteiger charge is 2.14. The summed E-state index contributed by atoms with van der Waals surface area (Å²) in [5.74, 6) is 0.903. The van der Waals surface area contributed by atoms with Gasteiger partial charge in [0.2, 0.25) is 0 Å². The number of nitrogens with one attached hydrogen (secondary N) is 1. The second-order valence-corrected chi connectivity index (χ2v) is 4.32. The van der Waals surface area contributed by atoms with Crippen LogP contribution in [0, 0.1) is 6.92 Å². The maximum atomic E-state index is 5.40. The Morgan fingerprint density at radius 3 is 2.78 bits per heavy atom. The van der Waals surface area contributed by atoms with E-state index in [2.05, 4.69) is 16.5 Å². The molecule has 1 aromatic heterocycles. The van der Waals surface area contributed by atoms with E-state index in [1.165, 1.54) is 5.56 Å². The highest BCUT2D eigenvalue weighted by Crippen LogP contribution is 2.25. The van der Waals surface area contributed by atoms with Gasteiger partial charge in [0.25, 0.3) is 0 Å². The number of nitrogens with zero attached hydrogens (tertiary/aromatic N) is 2. The summed E-state index contributed by atoms with van der Waals surface area (Å²) in [5, 5.41) is 7.63. The molecule has 0 radical (unpaired) electrons. The molecule has 0 bridgehead atoms. The van der Waals surface area contributed by atoms with Gasteiger partial charge in [-0.1, -0.05) is 18.2 Å². The molecular formula is C14H19N3O. The topological polar surface area (TPSA) is 39.1 Å². The van der Waals surface area contributed by atoms with E-state index in [-0.39, 0.29) is 6.04 Å². The Morgan fingerprint density at radius 2 is 2.17 bits per heavy atom. The van der Waals surface area contributed by atoms with Crippen LogP contribution in [0.15, 0.2) is 36.7 Å². The molecule has 1 unspecified atom stereocenters. The summed E-state index contributed by atoms with van der Waals surface area (Å²) in [5.41, 5.74) is 2.32. The molecule has 18 heavy (non-hydrogen) atoms. The molecule has 96 valence electrons. The van der Waals surface area contributed by atoms with Crippen LogP contribution >= 0.6 is 0 Å². The lowest BCUT2D eigenvalue weighted by Crippen LogP contribution is -2.22. The Balaban J connectivity index is 2.22. The van der Waals surface area contributed by atoms with Crippen molar-refractivity contribution in [3.63, 3.8) is 0 Å². The predicted octanol–water partition coefficient (Wildman–Crippen LogP) is 2.16. The Morgan fingerprint density at radius 1 is 1.39 bits per heavy atom. The van der Waals surface area contributed by atoms with Gasteiger partial charge >= 0.3 is 0 Å². The molecule has 0 saturated heterocycles. The highest BCUT2D eigenvalue weighted by atomic mass is 16.5. The molecule has 4 nitrogen and oxygen atoms in total. The van der Waals surface area contributed by atoms with Crippen molar-refractivity contribution < 1.29 is 4.74 Å². The Labute approximate surface area is 108 Å². The second-order valence-electron chi connectivity index (χ2n) is 4.32. The van der Waals surface area contributed by atoms with Crippen molar-refractivity contribution in [2.45, 2.75) is 19.5 Å². The number of para-hydroxylation sites is 1. The average Bonchev–Trinajstić information content (AvgIpc) is 2.81. The van der Waals surface area contributed by atoms with Crippen molar-refractivity contribution in [1.82, 2.24) is 15.1 Å². The zero-order valence-electron chi connectivity index (χ0n) is 11.1. The fourth-order valence-corrected chi connectivity index (χ4v) is 2.05. The molecule has 0 fully saturated rings. The highest BCUT2D eigenvalue weighted by molar-refractivity contribution is 5.35. The van der Waals surface area contributed by atoms with Crippen molar-refractivity contribution in [2.24, 2.45) is 0 Å². The first kappa shape index (κ1) is 12.6. The van der Waals surface area contributed by atoms with E-state index in [1.807, 2.05) is 49.2 Å². The number of aryl methyl sites for hydroxylation is 1. The first-order chi connectivity index (χ1) is 8.74. The Kier molecular flexibility index (Phi) is 3.99. The fourth-order valence-electron chi connectivity index (χ4n) is 2.05. The van der Waals surface area contributed by atoms with Crippen molar-refractivity contribution >= 4 is 0 Å². The van der Waals surface area contributed by atoms with Crippen molar-refractivity contribution in [1.29, 1.82) is 0 Å². The summed E-state index contributed by atoms with van der Waals surface area (Å²) >= 11 is 0. The molecule has 2 aromatic rings. The predicted molar refractivity (Wildman–Crippen MR) is 71.8 cm³/mol. The van der Waals surface area contributed by atoms with Gasteiger partial charge < -0.3 is 10.1 Å². The Hall–Kier alpha value is -1.81. The summed E-state index contributed by atoms with van der Waals surface area (Å²) in [7, 11) is 3.65. The smallest absolute Gasteiger partial charge is 0.123 e. The molecule has 0 aliphatic heterocycles. The third kappa shape index (κ3) is 2.71. The summed E-state index contributed by atoms with van der Waals surface area (Å²) in [4.78, 5) is 0. The van der Waals surface area contributed by atoms with Gasteiger partial charge in [-0.25, -0.2) is 0 Å². The number of likely N-dealkylation sites (N-methyl/N-ethyl adjacent to an activating group) is 1. The van der Waals surface area contributed by atoms with Gasteiger partial charge in [-0.15, -0.1) is 0 Å². The van der Waals surface area contributed by atoms with Gasteiger partial charge in [-0.3, -0.25) is 4.68 Å². The quantitative estimate of drug-likeness (QED) is 0.877. The van der Waals surface area contributed by atoms with Gasteiger partial charge in [-0.05, 0) is 25.6 Å². The minimum Gasteiger partial charge on any atom is -0.496 e. The van der Waals surface area contributed by atoms with Crippen molar-refractivity contribution in [3.05, 3.63) is 47.8 Å². The lowest BCUT2D eigenvalue weighted by atomic mass is 10.1. The van der Waals surface area contributed by atoms with Crippen molar-refractivity contribution in [3.8, 4) is 5.75 Å². The molecule has 0 saturated carbocycles. The Bertz CT molecular complexity index is 507. The van der Waals surface area contributed by atoms with E-state index < -0.39 is 0 Å². The average molecular weight is 245 g/mol. The minimum absolute atomic E-state index is 0.181. The van der Waals surface area contributed by atoms with Gasteiger partial charge in [-0.2, -0.15) is 5.10 Å². The van der Waals surface area contributed by atoms with Crippen LogP contribution in [-0.4, -0.2) is 23.9 Å². The van der Waals surface area contributed by atoms with Gasteiger partial charge in [0.1, 0.15) is 5.75 Å². The third-order valence-corrected chi connectivity index (χ3v) is 2.99. The molecule has 1 heterocycles. The van der Waals surface area contributed by atoms with E-state index in [0.29, 0.717) is 0 Å². The number of methoxy groups -OCH3 is 1. The number of aromatic nitrogens is 2. The standard InChI is InChI=1S/C14H19N3O/c1-11-8-16-17(9-11)10-13(15-2)12-6-4-5-7-14(12)18-3/h4-9,13,15H,10H2,1-3H3. The zero-order chi connectivity index (χ0) is 13.0. The molecule has 4 heteroatoms. The maximum Gasteiger partial charge on any atom is 0.123 e. The SMILES string of the molecule is CNC(Cn1cc(C)cn1)c1ccccc1OC. The monoisotopic (exact) mass is 245 g/mol. The molecule has 0 spiro atoms. The maximum absolute atomic E-state index is 5.40.